The van der Waals surface area contributed by atoms with Crippen LogP contribution >= 0.6 is 0 Å². The molecular weight excluding hydrogens is 392 g/mol. The van der Waals surface area contributed by atoms with Crippen LogP contribution in [-0.4, -0.2) is 28.4 Å². The summed E-state index contributed by atoms with van der Waals surface area (Å²) in [6, 6.07) is 15.5. The molecule has 1 aromatic heterocycles. The molecule has 6 nitrogen and oxygen atoms in total. The van der Waals surface area contributed by atoms with E-state index < -0.39 is 17.7 Å². The van der Waals surface area contributed by atoms with E-state index in [0.29, 0.717) is 23.4 Å². The first-order valence-corrected chi connectivity index (χ1v) is 10.1. The maximum absolute atomic E-state index is 13.2. The lowest BCUT2D eigenvalue weighted by Crippen LogP contribution is -2.29. The summed E-state index contributed by atoms with van der Waals surface area (Å²) in [5, 5.41) is 11.2. The van der Waals surface area contributed by atoms with Crippen molar-refractivity contribution in [1.82, 2.24) is 4.98 Å². The first-order chi connectivity index (χ1) is 15.0. The Morgan fingerprint density at radius 1 is 1.10 bits per heavy atom. The minimum absolute atomic E-state index is 0.0663. The highest BCUT2D eigenvalue weighted by atomic mass is 16.5. The van der Waals surface area contributed by atoms with Crippen molar-refractivity contribution in [2.75, 3.05) is 11.5 Å². The number of Topliss-reactive ketones (excluding diaryl/α,β-unsaturated/α-hetero) is 1. The SMILES string of the molecule is Cc1cccc(N2C(=O)C(=O)/C(=C(\O)c3ccc4c(c3)CCO4)C2c2ccncc2)c1. The van der Waals surface area contributed by atoms with E-state index in [1.807, 2.05) is 31.2 Å². The predicted octanol–water partition coefficient (Wildman–Crippen LogP) is 3.95. The topological polar surface area (TPSA) is 79.7 Å². The maximum Gasteiger partial charge on any atom is 0.300 e. The molecule has 1 amide bonds. The van der Waals surface area contributed by atoms with Gasteiger partial charge in [0.1, 0.15) is 11.5 Å². The number of rotatable bonds is 3. The molecule has 0 spiro atoms. The molecule has 1 saturated heterocycles. The van der Waals surface area contributed by atoms with Gasteiger partial charge in [0.2, 0.25) is 0 Å². The van der Waals surface area contributed by atoms with E-state index in [2.05, 4.69) is 4.98 Å². The molecular formula is C25H20N2O4. The highest BCUT2D eigenvalue weighted by Crippen LogP contribution is 2.42. The lowest BCUT2D eigenvalue weighted by molar-refractivity contribution is -0.132. The Morgan fingerprint density at radius 3 is 2.68 bits per heavy atom. The van der Waals surface area contributed by atoms with Gasteiger partial charge in [-0.15, -0.1) is 0 Å². The quantitative estimate of drug-likeness (QED) is 0.400. The highest BCUT2D eigenvalue weighted by molar-refractivity contribution is 6.51. The van der Waals surface area contributed by atoms with Crippen LogP contribution in [0.3, 0.4) is 0 Å². The number of ether oxygens (including phenoxy) is 1. The summed E-state index contributed by atoms with van der Waals surface area (Å²) in [5.74, 6) is -0.788. The Bertz CT molecular complexity index is 1230. The molecule has 5 rings (SSSR count). The predicted molar refractivity (Wildman–Crippen MR) is 116 cm³/mol. The van der Waals surface area contributed by atoms with E-state index in [1.165, 1.54) is 4.90 Å². The van der Waals surface area contributed by atoms with Crippen molar-refractivity contribution in [2.24, 2.45) is 0 Å². The molecule has 1 fully saturated rings. The smallest absolute Gasteiger partial charge is 0.300 e. The zero-order valence-electron chi connectivity index (χ0n) is 16.9. The van der Waals surface area contributed by atoms with Gasteiger partial charge >= 0.3 is 0 Å². The summed E-state index contributed by atoms with van der Waals surface area (Å²) in [6.07, 6.45) is 3.96. The average molecular weight is 412 g/mol. The van der Waals surface area contributed by atoms with E-state index in [4.69, 9.17) is 4.74 Å². The van der Waals surface area contributed by atoms with E-state index in [1.54, 1.807) is 42.7 Å². The van der Waals surface area contributed by atoms with E-state index in [9.17, 15) is 14.7 Å². The Kier molecular flexibility index (Phi) is 4.55. The minimum Gasteiger partial charge on any atom is -0.507 e. The molecule has 1 unspecified atom stereocenters. The van der Waals surface area contributed by atoms with Crippen LogP contribution in [0.1, 0.15) is 28.3 Å². The largest absolute Gasteiger partial charge is 0.507 e. The average Bonchev–Trinajstić information content (AvgIpc) is 3.36. The Hall–Kier alpha value is -3.93. The van der Waals surface area contributed by atoms with Crippen molar-refractivity contribution in [3.05, 3.63) is 94.8 Å². The number of carbonyl (C=O) groups is 2. The maximum atomic E-state index is 13.2. The number of aliphatic hydroxyl groups is 1. The monoisotopic (exact) mass is 412 g/mol. The summed E-state index contributed by atoms with van der Waals surface area (Å²) in [6.45, 7) is 2.52. The lowest BCUT2D eigenvalue weighted by Gasteiger charge is -2.25. The van der Waals surface area contributed by atoms with Gasteiger partial charge in [-0.05, 0) is 66.1 Å². The number of ketones is 1. The molecule has 2 aromatic carbocycles. The minimum atomic E-state index is -0.755. The fourth-order valence-electron chi connectivity index (χ4n) is 4.23. The molecule has 3 heterocycles. The van der Waals surface area contributed by atoms with Crippen LogP contribution in [0.15, 0.2) is 72.6 Å². The van der Waals surface area contributed by atoms with E-state index >= 15 is 0 Å². The Balaban J connectivity index is 1.70. The van der Waals surface area contributed by atoms with Gasteiger partial charge in [0.05, 0.1) is 18.2 Å². The van der Waals surface area contributed by atoms with Crippen LogP contribution in [0.5, 0.6) is 5.75 Å². The number of aliphatic hydroxyl groups excluding tert-OH is 1. The van der Waals surface area contributed by atoms with Crippen molar-refractivity contribution in [3.8, 4) is 5.75 Å². The van der Waals surface area contributed by atoms with Crippen LogP contribution in [-0.2, 0) is 16.0 Å². The molecule has 0 saturated carbocycles. The third-order valence-electron chi connectivity index (χ3n) is 5.71. The normalized spacial score (nSPS) is 19.4. The second-order valence-corrected chi connectivity index (χ2v) is 7.71. The van der Waals surface area contributed by atoms with Crippen LogP contribution in [0.4, 0.5) is 5.69 Å². The molecule has 0 bridgehead atoms. The first kappa shape index (κ1) is 19.1. The number of benzene rings is 2. The van der Waals surface area contributed by atoms with Gasteiger partial charge in [0.15, 0.2) is 0 Å². The molecule has 1 N–H and O–H groups in total. The van der Waals surface area contributed by atoms with Gasteiger partial charge in [-0.2, -0.15) is 0 Å². The van der Waals surface area contributed by atoms with Crippen molar-refractivity contribution in [2.45, 2.75) is 19.4 Å². The zero-order valence-corrected chi connectivity index (χ0v) is 16.9. The number of carbonyl (C=O) groups excluding carboxylic acids is 2. The summed E-state index contributed by atoms with van der Waals surface area (Å²) in [7, 11) is 0. The van der Waals surface area contributed by atoms with Gasteiger partial charge in [0.25, 0.3) is 11.7 Å². The van der Waals surface area contributed by atoms with Crippen molar-refractivity contribution >= 4 is 23.1 Å². The van der Waals surface area contributed by atoms with Crippen molar-refractivity contribution < 1.29 is 19.4 Å². The molecule has 2 aliphatic rings. The zero-order chi connectivity index (χ0) is 21.5. The molecule has 6 heteroatoms. The fraction of sp³-hybridized carbons (Fsp3) is 0.160. The summed E-state index contributed by atoms with van der Waals surface area (Å²) in [4.78, 5) is 31.8. The summed E-state index contributed by atoms with van der Waals surface area (Å²) in [5.41, 5.74) is 3.79. The van der Waals surface area contributed by atoms with Crippen molar-refractivity contribution in [3.63, 3.8) is 0 Å². The molecule has 31 heavy (non-hydrogen) atoms. The second kappa shape index (κ2) is 7.40. The Labute approximate surface area is 179 Å². The third kappa shape index (κ3) is 3.17. The molecule has 3 aromatic rings. The molecule has 0 radical (unpaired) electrons. The van der Waals surface area contributed by atoms with Gasteiger partial charge < -0.3 is 9.84 Å². The van der Waals surface area contributed by atoms with Crippen molar-refractivity contribution in [1.29, 1.82) is 0 Å². The van der Waals surface area contributed by atoms with Crippen LogP contribution in [0, 0.1) is 6.92 Å². The molecule has 154 valence electrons. The van der Waals surface area contributed by atoms with Gasteiger partial charge in [-0.3, -0.25) is 19.5 Å². The van der Waals surface area contributed by atoms with Gasteiger partial charge in [-0.1, -0.05) is 12.1 Å². The van der Waals surface area contributed by atoms with Crippen LogP contribution in [0.25, 0.3) is 5.76 Å². The first-order valence-electron chi connectivity index (χ1n) is 10.1. The van der Waals surface area contributed by atoms with Gasteiger partial charge in [-0.25, -0.2) is 0 Å². The van der Waals surface area contributed by atoms with Crippen LogP contribution < -0.4 is 9.64 Å². The number of fused-ring (bicyclic) bond motifs is 1. The summed E-state index contributed by atoms with van der Waals surface area (Å²) >= 11 is 0. The Morgan fingerprint density at radius 2 is 1.90 bits per heavy atom. The number of aromatic nitrogens is 1. The number of hydrogen-bond acceptors (Lipinski definition) is 5. The molecule has 2 aliphatic heterocycles. The highest BCUT2D eigenvalue weighted by Gasteiger charge is 2.47. The van der Waals surface area contributed by atoms with E-state index in [-0.39, 0.29) is 11.3 Å². The fourth-order valence-corrected chi connectivity index (χ4v) is 4.23. The molecule has 1 atom stereocenters. The van der Waals surface area contributed by atoms with Crippen LogP contribution in [0.2, 0.25) is 0 Å². The third-order valence-corrected chi connectivity index (χ3v) is 5.71. The number of aryl methyl sites for hydroxylation is 1. The van der Waals surface area contributed by atoms with E-state index in [0.717, 1.165) is 23.3 Å². The summed E-state index contributed by atoms with van der Waals surface area (Å²) < 4.78 is 5.54. The second-order valence-electron chi connectivity index (χ2n) is 7.71. The number of amides is 1. The molecule has 0 aliphatic carbocycles. The number of pyridine rings is 1. The number of anilines is 1. The lowest BCUT2D eigenvalue weighted by atomic mass is 9.95. The van der Waals surface area contributed by atoms with Gasteiger partial charge in [0, 0.05) is 30.1 Å². The standard InChI is InChI=1S/C25H20N2O4/c1-15-3-2-4-19(13-15)27-22(16-7-10-26-11-8-16)21(24(29)25(27)30)23(28)18-5-6-20-17(14-18)9-12-31-20/h2-8,10-11,13-14,22,28H,9,12H2,1H3/b23-21-. The number of hydrogen-bond donors (Lipinski definition) is 1. The number of nitrogens with zero attached hydrogens (tertiary/aromatic N) is 2.